The van der Waals surface area contributed by atoms with Gasteiger partial charge in [-0.1, -0.05) is 30.3 Å². The number of piperidine rings is 1. The number of hydrogen-bond donors (Lipinski definition) is 3. The number of benzene rings is 1. The molecule has 0 spiro atoms. The molecular formula is C24H36IN5O2. The van der Waals surface area contributed by atoms with Gasteiger partial charge < -0.3 is 20.4 Å². The Morgan fingerprint density at radius 1 is 1.16 bits per heavy atom. The Hall–Kier alpha value is -2.07. The molecule has 1 fully saturated rings. The fraction of sp³-hybridized carbons (Fsp3) is 0.500. The first-order valence-electron chi connectivity index (χ1n) is 11.2. The lowest BCUT2D eigenvalue weighted by atomic mass is 10.0. The quantitative estimate of drug-likeness (QED) is 0.201. The van der Waals surface area contributed by atoms with Crippen molar-refractivity contribution < 1.29 is 9.21 Å². The van der Waals surface area contributed by atoms with Crippen molar-refractivity contribution in [3.05, 3.63) is 59.5 Å². The normalized spacial score (nSPS) is 16.2. The molecule has 32 heavy (non-hydrogen) atoms. The van der Waals surface area contributed by atoms with Crippen LogP contribution >= 0.6 is 24.0 Å². The van der Waals surface area contributed by atoms with E-state index in [4.69, 9.17) is 4.42 Å². The third-order valence-corrected chi connectivity index (χ3v) is 5.92. The second-order valence-electron chi connectivity index (χ2n) is 8.08. The molecule has 0 aliphatic carbocycles. The first-order valence-corrected chi connectivity index (χ1v) is 11.2. The van der Waals surface area contributed by atoms with E-state index in [1.807, 2.05) is 6.92 Å². The Kier molecular flexibility index (Phi) is 11.0. The molecule has 1 aliphatic rings. The number of nitrogens with one attached hydrogen (secondary N) is 3. The summed E-state index contributed by atoms with van der Waals surface area (Å²) >= 11 is 0. The molecule has 3 rings (SSSR count). The zero-order chi connectivity index (χ0) is 22.1. The number of amides is 1. The molecule has 1 aliphatic heterocycles. The van der Waals surface area contributed by atoms with Gasteiger partial charge in [-0.2, -0.15) is 0 Å². The lowest BCUT2D eigenvalue weighted by molar-refractivity contribution is 0.0925. The maximum atomic E-state index is 12.0. The molecule has 1 aromatic heterocycles. The van der Waals surface area contributed by atoms with Crippen molar-refractivity contribution in [3.63, 3.8) is 0 Å². The van der Waals surface area contributed by atoms with Gasteiger partial charge in [-0.15, -0.1) is 24.0 Å². The first kappa shape index (κ1) is 26.2. The monoisotopic (exact) mass is 553 g/mol. The maximum absolute atomic E-state index is 12.0. The van der Waals surface area contributed by atoms with Gasteiger partial charge in [-0.3, -0.25) is 14.7 Å². The van der Waals surface area contributed by atoms with E-state index in [2.05, 4.69) is 63.1 Å². The van der Waals surface area contributed by atoms with Crippen molar-refractivity contribution in [2.24, 2.45) is 4.99 Å². The molecule has 7 nitrogen and oxygen atoms in total. The van der Waals surface area contributed by atoms with Crippen LogP contribution in [0.15, 0.2) is 52.1 Å². The number of rotatable bonds is 8. The van der Waals surface area contributed by atoms with Crippen molar-refractivity contribution in [2.75, 3.05) is 33.2 Å². The van der Waals surface area contributed by atoms with Crippen molar-refractivity contribution in [1.82, 2.24) is 20.9 Å². The molecule has 1 saturated heterocycles. The van der Waals surface area contributed by atoms with Crippen molar-refractivity contribution >= 4 is 35.8 Å². The van der Waals surface area contributed by atoms with Crippen LogP contribution in [0.25, 0.3) is 0 Å². The van der Waals surface area contributed by atoms with E-state index < -0.39 is 0 Å². The van der Waals surface area contributed by atoms with Gasteiger partial charge in [-0.25, -0.2) is 0 Å². The minimum atomic E-state index is -0.165. The van der Waals surface area contributed by atoms with Crippen LogP contribution in [0.4, 0.5) is 0 Å². The maximum Gasteiger partial charge on any atom is 0.287 e. The van der Waals surface area contributed by atoms with Crippen LogP contribution in [0.2, 0.25) is 0 Å². The van der Waals surface area contributed by atoms with E-state index in [-0.39, 0.29) is 29.9 Å². The minimum Gasteiger partial charge on any atom is -0.459 e. The largest absolute Gasteiger partial charge is 0.459 e. The number of carbonyl (C=O) groups excluding carboxylic acids is 1. The fourth-order valence-corrected chi connectivity index (χ4v) is 3.94. The van der Waals surface area contributed by atoms with E-state index in [1.165, 1.54) is 11.8 Å². The van der Waals surface area contributed by atoms with Crippen LogP contribution < -0.4 is 16.0 Å². The van der Waals surface area contributed by atoms with Crippen LogP contribution in [-0.2, 0) is 0 Å². The molecule has 0 saturated carbocycles. The molecule has 2 heterocycles. The predicted octanol–water partition coefficient (Wildman–Crippen LogP) is 3.72. The van der Waals surface area contributed by atoms with E-state index in [0.717, 1.165) is 50.4 Å². The van der Waals surface area contributed by atoms with Crippen molar-refractivity contribution in [1.29, 1.82) is 0 Å². The molecule has 0 radical (unpaired) electrons. The second kappa shape index (κ2) is 13.5. The molecule has 176 valence electrons. The third-order valence-electron chi connectivity index (χ3n) is 5.92. The molecule has 0 bridgehead atoms. The number of likely N-dealkylation sites (tertiary alicyclic amines) is 1. The number of nitrogens with zero attached hydrogens (tertiary/aromatic N) is 2. The molecule has 1 amide bonds. The smallest absolute Gasteiger partial charge is 0.287 e. The topological polar surface area (TPSA) is 81.9 Å². The average Bonchev–Trinajstić information content (AvgIpc) is 3.24. The van der Waals surface area contributed by atoms with Gasteiger partial charge in [-0.05, 0) is 44.7 Å². The van der Waals surface area contributed by atoms with Crippen LogP contribution in [0.1, 0.15) is 53.9 Å². The molecule has 1 aromatic carbocycles. The highest BCUT2D eigenvalue weighted by Gasteiger charge is 2.24. The lowest BCUT2D eigenvalue weighted by Gasteiger charge is -2.37. The van der Waals surface area contributed by atoms with Gasteiger partial charge in [0.05, 0.1) is 6.26 Å². The average molecular weight is 553 g/mol. The SMILES string of the molecule is CN=C(NCCCNC(=O)c1occc1C)NC1CCN(C(C)c2ccccc2)CC1.I. The minimum absolute atomic E-state index is 0. The summed E-state index contributed by atoms with van der Waals surface area (Å²) in [6, 6.07) is 13.4. The number of guanidine groups is 1. The summed E-state index contributed by atoms with van der Waals surface area (Å²) in [5, 5.41) is 9.78. The Morgan fingerprint density at radius 2 is 1.84 bits per heavy atom. The van der Waals surface area contributed by atoms with Crippen LogP contribution in [0, 0.1) is 6.92 Å². The standard InChI is InChI=1S/C24H35N5O2.HI/c1-18-12-17-31-22(18)23(30)26-13-7-14-27-24(25-3)28-21-10-15-29(16-11-21)19(2)20-8-5-4-6-9-20;/h4-6,8-9,12,17,19,21H,7,10-11,13-16H2,1-3H3,(H,26,30)(H2,25,27,28);1H. The Morgan fingerprint density at radius 3 is 2.47 bits per heavy atom. The summed E-state index contributed by atoms with van der Waals surface area (Å²) in [7, 11) is 1.80. The lowest BCUT2D eigenvalue weighted by Crippen LogP contribution is -2.49. The van der Waals surface area contributed by atoms with Gasteiger partial charge in [0.2, 0.25) is 0 Å². The number of aryl methyl sites for hydroxylation is 1. The van der Waals surface area contributed by atoms with Crippen LogP contribution in [0.3, 0.4) is 0 Å². The fourth-order valence-electron chi connectivity index (χ4n) is 3.94. The molecule has 2 aromatic rings. The molecule has 3 N–H and O–H groups in total. The van der Waals surface area contributed by atoms with Gasteiger partial charge in [0, 0.05) is 50.9 Å². The number of furan rings is 1. The Labute approximate surface area is 208 Å². The predicted molar refractivity (Wildman–Crippen MR) is 140 cm³/mol. The highest BCUT2D eigenvalue weighted by molar-refractivity contribution is 14.0. The van der Waals surface area contributed by atoms with Gasteiger partial charge in [0.15, 0.2) is 11.7 Å². The Balaban J connectivity index is 0.00000363. The molecule has 1 unspecified atom stereocenters. The molecule has 8 heteroatoms. The highest BCUT2D eigenvalue weighted by Crippen LogP contribution is 2.23. The summed E-state index contributed by atoms with van der Waals surface area (Å²) in [5.74, 6) is 1.04. The summed E-state index contributed by atoms with van der Waals surface area (Å²) in [6.07, 6.45) is 4.53. The molecule has 1 atom stereocenters. The summed E-state index contributed by atoms with van der Waals surface area (Å²) in [4.78, 5) is 18.9. The third kappa shape index (κ3) is 7.51. The van der Waals surface area contributed by atoms with Crippen LogP contribution in [-0.4, -0.2) is 56.0 Å². The van der Waals surface area contributed by atoms with E-state index in [9.17, 15) is 4.79 Å². The highest BCUT2D eigenvalue weighted by atomic mass is 127. The first-order chi connectivity index (χ1) is 15.1. The van der Waals surface area contributed by atoms with Crippen molar-refractivity contribution in [2.45, 2.75) is 45.2 Å². The van der Waals surface area contributed by atoms with E-state index in [0.29, 0.717) is 24.4 Å². The Bertz CT molecular complexity index is 847. The van der Waals surface area contributed by atoms with E-state index >= 15 is 0 Å². The zero-order valence-corrected chi connectivity index (χ0v) is 21.6. The van der Waals surface area contributed by atoms with E-state index in [1.54, 1.807) is 13.1 Å². The number of halogens is 1. The number of carbonyl (C=O) groups is 1. The number of aliphatic imine (C=N–C) groups is 1. The van der Waals surface area contributed by atoms with Gasteiger partial charge >= 0.3 is 0 Å². The molecular weight excluding hydrogens is 517 g/mol. The van der Waals surface area contributed by atoms with Gasteiger partial charge in [0.1, 0.15) is 0 Å². The van der Waals surface area contributed by atoms with Gasteiger partial charge in [0.25, 0.3) is 5.91 Å². The number of hydrogen-bond acceptors (Lipinski definition) is 4. The summed E-state index contributed by atoms with van der Waals surface area (Å²) in [6.45, 7) is 7.61. The summed E-state index contributed by atoms with van der Waals surface area (Å²) < 4.78 is 5.21. The zero-order valence-electron chi connectivity index (χ0n) is 19.3. The summed E-state index contributed by atoms with van der Waals surface area (Å²) in [5.41, 5.74) is 2.23. The second-order valence-corrected chi connectivity index (χ2v) is 8.08. The van der Waals surface area contributed by atoms with Crippen LogP contribution in [0.5, 0.6) is 0 Å². The van der Waals surface area contributed by atoms with Crippen molar-refractivity contribution in [3.8, 4) is 0 Å².